The summed E-state index contributed by atoms with van der Waals surface area (Å²) in [5, 5.41) is 8.94. The summed E-state index contributed by atoms with van der Waals surface area (Å²) in [4.78, 5) is 23.0. The predicted molar refractivity (Wildman–Crippen MR) is 94.8 cm³/mol. The number of esters is 1. The maximum absolute atomic E-state index is 12.1. The first-order valence-corrected chi connectivity index (χ1v) is 8.37. The van der Waals surface area contributed by atoms with Gasteiger partial charge in [0.1, 0.15) is 11.5 Å². The predicted octanol–water partition coefficient (Wildman–Crippen LogP) is 4.83. The number of carbonyl (C=O) groups excluding carboxylic acids is 1. The lowest BCUT2D eigenvalue weighted by Crippen LogP contribution is -2.09. The molecule has 0 aromatic heterocycles. The van der Waals surface area contributed by atoms with Crippen molar-refractivity contribution in [2.75, 3.05) is 6.61 Å². The number of halogens is 1. The number of carbonyl (C=O) groups is 2. The van der Waals surface area contributed by atoms with E-state index in [0.29, 0.717) is 17.9 Å². The minimum Gasteiger partial charge on any atom is -0.494 e. The van der Waals surface area contributed by atoms with Crippen LogP contribution in [0.3, 0.4) is 0 Å². The molecule has 0 atom stereocenters. The van der Waals surface area contributed by atoms with Crippen LogP contribution in [-0.4, -0.2) is 23.7 Å². The van der Waals surface area contributed by atoms with Gasteiger partial charge in [-0.15, -0.1) is 0 Å². The molecule has 0 fully saturated rings. The fourth-order valence-corrected chi connectivity index (χ4v) is 2.38. The zero-order valence-electron chi connectivity index (χ0n) is 13.8. The molecule has 2 rings (SSSR count). The van der Waals surface area contributed by atoms with Gasteiger partial charge in [0.05, 0.1) is 22.8 Å². The van der Waals surface area contributed by atoms with Crippen LogP contribution in [0.2, 0.25) is 5.02 Å². The van der Waals surface area contributed by atoms with Gasteiger partial charge in [0, 0.05) is 6.07 Å². The number of benzene rings is 2. The highest BCUT2D eigenvalue weighted by molar-refractivity contribution is 6.33. The molecular formula is C19H19ClO5. The molecule has 0 bridgehead atoms. The molecule has 0 aliphatic rings. The van der Waals surface area contributed by atoms with E-state index < -0.39 is 11.9 Å². The SMILES string of the molecule is CCCCCOc1ccc(C(=O)Oc2ccc(C(=O)O)c(Cl)c2)cc1. The molecule has 2 aromatic rings. The maximum atomic E-state index is 12.1. The zero-order chi connectivity index (χ0) is 18.2. The summed E-state index contributed by atoms with van der Waals surface area (Å²) in [5.41, 5.74) is 0.311. The largest absolute Gasteiger partial charge is 0.494 e. The van der Waals surface area contributed by atoms with Gasteiger partial charge in [-0.3, -0.25) is 0 Å². The fraction of sp³-hybridized carbons (Fsp3) is 0.263. The Kier molecular flexibility index (Phi) is 6.83. The lowest BCUT2D eigenvalue weighted by Gasteiger charge is -2.08. The highest BCUT2D eigenvalue weighted by Crippen LogP contribution is 2.23. The van der Waals surface area contributed by atoms with Crippen molar-refractivity contribution >= 4 is 23.5 Å². The van der Waals surface area contributed by atoms with Crippen molar-refractivity contribution in [1.82, 2.24) is 0 Å². The molecule has 0 saturated carbocycles. The minimum absolute atomic E-state index is 0.00799. The summed E-state index contributed by atoms with van der Waals surface area (Å²) in [7, 11) is 0. The number of hydrogen-bond donors (Lipinski definition) is 1. The van der Waals surface area contributed by atoms with Crippen molar-refractivity contribution in [2.24, 2.45) is 0 Å². The van der Waals surface area contributed by atoms with Crippen LogP contribution in [0.25, 0.3) is 0 Å². The smallest absolute Gasteiger partial charge is 0.343 e. The minimum atomic E-state index is -1.14. The quantitative estimate of drug-likeness (QED) is 0.414. The van der Waals surface area contributed by atoms with Gasteiger partial charge in [0.25, 0.3) is 0 Å². The lowest BCUT2D eigenvalue weighted by molar-refractivity contribution is 0.0696. The second-order valence-corrected chi connectivity index (χ2v) is 5.82. The van der Waals surface area contributed by atoms with E-state index >= 15 is 0 Å². The number of hydrogen-bond acceptors (Lipinski definition) is 4. The second-order valence-electron chi connectivity index (χ2n) is 5.42. The molecule has 0 heterocycles. The number of ether oxygens (including phenoxy) is 2. The molecule has 0 unspecified atom stereocenters. The molecular weight excluding hydrogens is 344 g/mol. The average molecular weight is 363 g/mol. The molecule has 132 valence electrons. The van der Waals surface area contributed by atoms with Gasteiger partial charge in [-0.25, -0.2) is 9.59 Å². The summed E-state index contributed by atoms with van der Waals surface area (Å²) >= 11 is 5.86. The van der Waals surface area contributed by atoms with E-state index in [1.54, 1.807) is 24.3 Å². The zero-order valence-corrected chi connectivity index (χ0v) is 14.6. The number of aromatic carboxylic acids is 1. The van der Waals surface area contributed by atoms with Crippen molar-refractivity contribution in [2.45, 2.75) is 26.2 Å². The summed E-state index contributed by atoms with van der Waals surface area (Å²) in [6.07, 6.45) is 3.24. The van der Waals surface area contributed by atoms with Gasteiger partial charge >= 0.3 is 11.9 Å². The van der Waals surface area contributed by atoms with Crippen LogP contribution in [0, 0.1) is 0 Å². The molecule has 0 amide bonds. The Hall–Kier alpha value is -2.53. The second kappa shape index (κ2) is 9.08. The van der Waals surface area contributed by atoms with Crippen LogP contribution >= 0.6 is 11.6 Å². The Labute approximate surface area is 151 Å². The molecule has 25 heavy (non-hydrogen) atoms. The fourth-order valence-electron chi connectivity index (χ4n) is 2.13. The standard InChI is InChI=1S/C19H19ClO5/c1-2-3-4-11-24-14-7-5-13(6-8-14)19(23)25-15-9-10-16(18(21)22)17(20)12-15/h5-10,12H,2-4,11H2,1H3,(H,21,22). The Morgan fingerprint density at radius 2 is 1.72 bits per heavy atom. The van der Waals surface area contributed by atoms with Crippen LogP contribution in [0.1, 0.15) is 46.9 Å². The molecule has 0 aliphatic heterocycles. The molecule has 0 saturated heterocycles. The summed E-state index contributed by atoms with van der Waals surface area (Å²) < 4.78 is 10.8. The summed E-state index contributed by atoms with van der Waals surface area (Å²) in [6, 6.07) is 10.6. The van der Waals surface area contributed by atoms with Gasteiger partial charge < -0.3 is 14.6 Å². The van der Waals surface area contributed by atoms with E-state index in [2.05, 4.69) is 6.92 Å². The number of rotatable bonds is 8. The molecule has 0 radical (unpaired) electrons. The van der Waals surface area contributed by atoms with E-state index in [0.717, 1.165) is 19.3 Å². The van der Waals surface area contributed by atoms with Crippen LogP contribution < -0.4 is 9.47 Å². The highest BCUT2D eigenvalue weighted by Gasteiger charge is 2.13. The first-order valence-electron chi connectivity index (χ1n) is 7.99. The molecule has 0 spiro atoms. The van der Waals surface area contributed by atoms with E-state index in [-0.39, 0.29) is 16.3 Å². The van der Waals surface area contributed by atoms with Crippen molar-refractivity contribution < 1.29 is 24.2 Å². The first kappa shape index (κ1) is 18.8. The average Bonchev–Trinajstić information content (AvgIpc) is 2.59. The van der Waals surface area contributed by atoms with Gasteiger partial charge in [-0.05, 0) is 42.8 Å². The first-order chi connectivity index (χ1) is 12.0. The number of carboxylic acids is 1. The lowest BCUT2D eigenvalue weighted by atomic mass is 10.2. The van der Waals surface area contributed by atoms with Crippen molar-refractivity contribution in [3.05, 3.63) is 58.6 Å². The third-order valence-corrected chi connectivity index (χ3v) is 3.80. The van der Waals surface area contributed by atoms with E-state index in [4.69, 9.17) is 26.2 Å². The highest BCUT2D eigenvalue weighted by atomic mass is 35.5. The van der Waals surface area contributed by atoms with E-state index in [1.807, 2.05) is 0 Å². The Bertz CT molecular complexity index is 740. The van der Waals surface area contributed by atoms with Crippen LogP contribution in [0.15, 0.2) is 42.5 Å². The molecule has 5 nitrogen and oxygen atoms in total. The van der Waals surface area contributed by atoms with Gasteiger partial charge in [0.2, 0.25) is 0 Å². The van der Waals surface area contributed by atoms with E-state index in [1.165, 1.54) is 18.2 Å². The van der Waals surface area contributed by atoms with Crippen LogP contribution in [0.5, 0.6) is 11.5 Å². The Morgan fingerprint density at radius 3 is 2.32 bits per heavy atom. The molecule has 2 aromatic carbocycles. The third-order valence-electron chi connectivity index (χ3n) is 3.49. The molecule has 1 N–H and O–H groups in total. The Morgan fingerprint density at radius 1 is 1.04 bits per heavy atom. The number of carboxylic acid groups (broad SMARTS) is 1. The maximum Gasteiger partial charge on any atom is 0.343 e. The van der Waals surface area contributed by atoms with Gasteiger partial charge in [-0.2, -0.15) is 0 Å². The van der Waals surface area contributed by atoms with E-state index in [9.17, 15) is 9.59 Å². The summed E-state index contributed by atoms with van der Waals surface area (Å²) in [6.45, 7) is 2.77. The van der Waals surface area contributed by atoms with Gasteiger partial charge in [0.15, 0.2) is 0 Å². The Balaban J connectivity index is 1.96. The normalized spacial score (nSPS) is 10.3. The van der Waals surface area contributed by atoms with Gasteiger partial charge in [-0.1, -0.05) is 31.4 Å². The topological polar surface area (TPSA) is 72.8 Å². The van der Waals surface area contributed by atoms with Crippen LogP contribution in [-0.2, 0) is 0 Å². The molecule has 0 aliphatic carbocycles. The number of unbranched alkanes of at least 4 members (excludes halogenated alkanes) is 2. The third kappa shape index (κ3) is 5.50. The molecule has 6 heteroatoms. The summed E-state index contributed by atoms with van der Waals surface area (Å²) in [5.74, 6) is -0.824. The van der Waals surface area contributed by atoms with Crippen molar-refractivity contribution in [3.8, 4) is 11.5 Å². The van der Waals surface area contributed by atoms with Crippen LogP contribution in [0.4, 0.5) is 0 Å². The monoisotopic (exact) mass is 362 g/mol. The van der Waals surface area contributed by atoms with Crippen molar-refractivity contribution in [1.29, 1.82) is 0 Å². The van der Waals surface area contributed by atoms with Crippen molar-refractivity contribution in [3.63, 3.8) is 0 Å².